The molecular formula is C12H15NO4. The van der Waals surface area contributed by atoms with Crippen LogP contribution in [0.1, 0.15) is 20.3 Å². The van der Waals surface area contributed by atoms with E-state index >= 15 is 0 Å². The molecule has 0 aliphatic heterocycles. The van der Waals surface area contributed by atoms with Crippen LogP contribution in [0.15, 0.2) is 35.6 Å². The lowest BCUT2D eigenvalue weighted by molar-refractivity contribution is -0.419. The molecule has 0 spiro atoms. The highest BCUT2D eigenvalue weighted by atomic mass is 16.6. The molecule has 92 valence electrons. The van der Waals surface area contributed by atoms with E-state index in [2.05, 4.69) is 0 Å². The van der Waals surface area contributed by atoms with Crippen LogP contribution in [0.2, 0.25) is 0 Å². The predicted molar refractivity (Wildman–Crippen MR) is 62.7 cm³/mol. The molecule has 0 aromatic carbocycles. The summed E-state index contributed by atoms with van der Waals surface area (Å²) in [6, 6.07) is 0. The Hall–Kier alpha value is -1.91. The van der Waals surface area contributed by atoms with E-state index in [-0.39, 0.29) is 11.6 Å². The first-order valence-electron chi connectivity index (χ1n) is 5.42. The van der Waals surface area contributed by atoms with Crippen LogP contribution in [0.4, 0.5) is 0 Å². The molecule has 0 bridgehead atoms. The summed E-state index contributed by atoms with van der Waals surface area (Å²) in [5, 5.41) is 10.6. The predicted octanol–water partition coefficient (Wildman–Crippen LogP) is 2.23. The zero-order chi connectivity index (χ0) is 12.8. The van der Waals surface area contributed by atoms with E-state index in [1.807, 2.05) is 0 Å². The van der Waals surface area contributed by atoms with Gasteiger partial charge in [0.1, 0.15) is 0 Å². The lowest BCUT2D eigenvalue weighted by Gasteiger charge is -2.13. The molecule has 1 aliphatic rings. The van der Waals surface area contributed by atoms with Gasteiger partial charge in [-0.1, -0.05) is 11.6 Å². The molecule has 0 heterocycles. The van der Waals surface area contributed by atoms with Gasteiger partial charge in [-0.2, -0.15) is 0 Å². The van der Waals surface area contributed by atoms with E-state index in [0.717, 1.165) is 5.57 Å². The summed E-state index contributed by atoms with van der Waals surface area (Å²) in [7, 11) is 0. The van der Waals surface area contributed by atoms with Crippen LogP contribution >= 0.6 is 0 Å². The Labute approximate surface area is 99.6 Å². The van der Waals surface area contributed by atoms with Gasteiger partial charge in [-0.15, -0.1) is 0 Å². The third-order valence-corrected chi connectivity index (χ3v) is 2.48. The van der Waals surface area contributed by atoms with E-state index in [4.69, 9.17) is 4.74 Å². The zero-order valence-electron chi connectivity index (χ0n) is 9.88. The average Bonchev–Trinajstić information content (AvgIpc) is 2.29. The minimum absolute atomic E-state index is 0.0675. The molecule has 5 nitrogen and oxygen atoms in total. The SMILES string of the molecule is CCOC(=O)/C=C(\C)C1C=C([N+](=O)[O-])C=CC1. The van der Waals surface area contributed by atoms with Gasteiger partial charge in [-0.3, -0.25) is 10.1 Å². The van der Waals surface area contributed by atoms with Crippen LogP contribution in [-0.4, -0.2) is 17.5 Å². The molecule has 0 saturated heterocycles. The Kier molecular flexibility index (Phi) is 4.63. The lowest BCUT2D eigenvalue weighted by Crippen LogP contribution is -2.09. The second kappa shape index (κ2) is 5.98. The van der Waals surface area contributed by atoms with E-state index in [1.54, 1.807) is 26.0 Å². The summed E-state index contributed by atoms with van der Waals surface area (Å²) in [5.74, 6) is -0.514. The van der Waals surface area contributed by atoms with Crippen molar-refractivity contribution in [3.8, 4) is 0 Å². The van der Waals surface area contributed by atoms with Crippen LogP contribution in [0, 0.1) is 16.0 Å². The highest BCUT2D eigenvalue weighted by Crippen LogP contribution is 2.23. The van der Waals surface area contributed by atoms with Crippen LogP contribution < -0.4 is 0 Å². The molecule has 17 heavy (non-hydrogen) atoms. The monoisotopic (exact) mass is 237 g/mol. The van der Waals surface area contributed by atoms with Gasteiger partial charge in [-0.25, -0.2) is 4.79 Å². The summed E-state index contributed by atoms with van der Waals surface area (Å²) >= 11 is 0. The van der Waals surface area contributed by atoms with Gasteiger partial charge in [0.05, 0.1) is 11.5 Å². The minimum Gasteiger partial charge on any atom is -0.463 e. The smallest absolute Gasteiger partial charge is 0.330 e. The van der Waals surface area contributed by atoms with Crippen LogP contribution in [0.25, 0.3) is 0 Å². The number of rotatable bonds is 4. The number of allylic oxidation sites excluding steroid dienone is 4. The Morgan fingerprint density at radius 3 is 3.00 bits per heavy atom. The zero-order valence-corrected chi connectivity index (χ0v) is 9.88. The van der Waals surface area contributed by atoms with E-state index in [0.29, 0.717) is 13.0 Å². The summed E-state index contributed by atoms with van der Waals surface area (Å²) in [4.78, 5) is 21.4. The molecule has 1 unspecified atom stereocenters. The first-order valence-corrected chi connectivity index (χ1v) is 5.42. The molecule has 1 atom stereocenters. The van der Waals surface area contributed by atoms with Crippen molar-refractivity contribution >= 4 is 5.97 Å². The number of hydrogen-bond acceptors (Lipinski definition) is 4. The van der Waals surface area contributed by atoms with Crippen molar-refractivity contribution in [3.63, 3.8) is 0 Å². The summed E-state index contributed by atoms with van der Waals surface area (Å²) < 4.78 is 4.79. The van der Waals surface area contributed by atoms with Gasteiger partial charge >= 0.3 is 5.97 Å². The molecule has 0 amide bonds. The molecule has 0 radical (unpaired) electrons. The van der Waals surface area contributed by atoms with Gasteiger partial charge in [0.2, 0.25) is 0 Å². The van der Waals surface area contributed by atoms with Gasteiger partial charge in [-0.05, 0) is 20.3 Å². The maximum Gasteiger partial charge on any atom is 0.330 e. The number of carbonyl (C=O) groups excluding carboxylic acids is 1. The van der Waals surface area contributed by atoms with Gasteiger partial charge in [0.25, 0.3) is 5.70 Å². The maximum atomic E-state index is 11.2. The first-order chi connectivity index (χ1) is 8.04. The molecule has 0 saturated carbocycles. The fourth-order valence-electron chi connectivity index (χ4n) is 1.58. The number of ether oxygens (including phenoxy) is 1. The molecule has 0 aromatic heterocycles. The largest absolute Gasteiger partial charge is 0.463 e. The molecule has 0 N–H and O–H groups in total. The van der Waals surface area contributed by atoms with Crippen LogP contribution in [0.5, 0.6) is 0 Å². The Bertz CT molecular complexity index is 407. The Morgan fingerprint density at radius 2 is 2.41 bits per heavy atom. The molecular weight excluding hydrogens is 222 g/mol. The number of nitro groups is 1. The summed E-state index contributed by atoms with van der Waals surface area (Å²) in [5.41, 5.74) is 0.838. The molecule has 0 aromatic rings. The van der Waals surface area contributed by atoms with Gasteiger partial charge in [0, 0.05) is 24.1 Å². The van der Waals surface area contributed by atoms with Crippen molar-refractivity contribution in [3.05, 3.63) is 45.7 Å². The Balaban J connectivity index is 2.77. The molecule has 1 aliphatic carbocycles. The summed E-state index contributed by atoms with van der Waals surface area (Å²) in [6.45, 7) is 3.83. The number of nitrogens with zero attached hydrogens (tertiary/aromatic N) is 1. The van der Waals surface area contributed by atoms with E-state index in [1.165, 1.54) is 12.2 Å². The number of esters is 1. The average molecular weight is 237 g/mol. The fraction of sp³-hybridized carbons (Fsp3) is 0.417. The third-order valence-electron chi connectivity index (χ3n) is 2.48. The second-order valence-electron chi connectivity index (χ2n) is 3.73. The first kappa shape index (κ1) is 13.2. The number of hydrogen-bond donors (Lipinski definition) is 0. The fourth-order valence-corrected chi connectivity index (χ4v) is 1.58. The maximum absolute atomic E-state index is 11.2. The van der Waals surface area contributed by atoms with Crippen LogP contribution in [0.3, 0.4) is 0 Å². The number of carbonyl (C=O) groups is 1. The topological polar surface area (TPSA) is 69.4 Å². The van der Waals surface area contributed by atoms with Crippen molar-refractivity contribution in [2.24, 2.45) is 5.92 Å². The Morgan fingerprint density at radius 1 is 1.71 bits per heavy atom. The normalized spacial score (nSPS) is 19.8. The highest BCUT2D eigenvalue weighted by Gasteiger charge is 2.18. The summed E-state index contributed by atoms with van der Waals surface area (Å²) in [6.07, 6.45) is 6.84. The van der Waals surface area contributed by atoms with Gasteiger partial charge in [0.15, 0.2) is 0 Å². The molecule has 0 fully saturated rings. The van der Waals surface area contributed by atoms with E-state index in [9.17, 15) is 14.9 Å². The van der Waals surface area contributed by atoms with E-state index < -0.39 is 10.9 Å². The van der Waals surface area contributed by atoms with Crippen molar-refractivity contribution in [2.75, 3.05) is 6.61 Å². The standard InChI is InChI=1S/C12H15NO4/c1-3-17-12(14)7-9(2)10-5-4-6-11(8-10)13(15)16/h4,6-8,10H,3,5H2,1-2H3/b9-7+. The third kappa shape index (κ3) is 3.86. The molecule has 5 heteroatoms. The van der Waals surface area contributed by atoms with Gasteiger partial charge < -0.3 is 4.74 Å². The minimum atomic E-state index is -0.430. The quantitative estimate of drug-likeness (QED) is 0.325. The van der Waals surface area contributed by atoms with Crippen molar-refractivity contribution in [1.29, 1.82) is 0 Å². The van der Waals surface area contributed by atoms with Crippen molar-refractivity contribution < 1.29 is 14.5 Å². The highest BCUT2D eigenvalue weighted by molar-refractivity contribution is 5.82. The molecule has 1 rings (SSSR count). The van der Waals surface area contributed by atoms with Crippen molar-refractivity contribution in [2.45, 2.75) is 20.3 Å². The van der Waals surface area contributed by atoms with Crippen LogP contribution in [-0.2, 0) is 9.53 Å². The second-order valence-corrected chi connectivity index (χ2v) is 3.73. The van der Waals surface area contributed by atoms with Crippen molar-refractivity contribution in [1.82, 2.24) is 0 Å². The lowest BCUT2D eigenvalue weighted by atomic mass is 9.92.